The minimum absolute atomic E-state index is 0.136. The molecule has 0 saturated carbocycles. The number of nitrogens with zero attached hydrogens (tertiary/aromatic N) is 2. The molecule has 2 rings (SSSR count). The van der Waals surface area contributed by atoms with Gasteiger partial charge in [-0.2, -0.15) is 4.98 Å². The van der Waals surface area contributed by atoms with E-state index in [1.807, 2.05) is 0 Å². The predicted octanol–water partition coefficient (Wildman–Crippen LogP) is 1.69. The highest BCUT2D eigenvalue weighted by atomic mass is 35.5. The van der Waals surface area contributed by atoms with E-state index in [1.165, 1.54) is 6.20 Å². The Balaban J connectivity index is 2.15. The van der Waals surface area contributed by atoms with Crippen molar-refractivity contribution in [3.8, 4) is 0 Å². The summed E-state index contributed by atoms with van der Waals surface area (Å²) in [5, 5.41) is 3.75. The summed E-state index contributed by atoms with van der Waals surface area (Å²) in [6.45, 7) is 3.55. The number of hydrogen-bond donors (Lipinski definition) is 2. The van der Waals surface area contributed by atoms with Gasteiger partial charge in [-0.05, 0) is 19.8 Å². The van der Waals surface area contributed by atoms with Crippen molar-refractivity contribution < 1.29 is 4.74 Å². The van der Waals surface area contributed by atoms with Crippen molar-refractivity contribution in [3.05, 3.63) is 11.2 Å². The third kappa shape index (κ3) is 2.54. The summed E-state index contributed by atoms with van der Waals surface area (Å²) in [7, 11) is 0. The molecule has 1 aliphatic rings. The van der Waals surface area contributed by atoms with Gasteiger partial charge in [0, 0.05) is 6.61 Å². The zero-order valence-electron chi connectivity index (χ0n) is 9.16. The van der Waals surface area contributed by atoms with E-state index in [4.69, 9.17) is 22.1 Å². The molecule has 1 aromatic rings. The Kier molecular flexibility index (Phi) is 3.16. The molecule has 6 heteroatoms. The first-order valence-corrected chi connectivity index (χ1v) is 5.61. The van der Waals surface area contributed by atoms with Crippen LogP contribution in [0.2, 0.25) is 5.02 Å². The topological polar surface area (TPSA) is 73.1 Å². The van der Waals surface area contributed by atoms with E-state index >= 15 is 0 Å². The van der Waals surface area contributed by atoms with Crippen molar-refractivity contribution >= 4 is 23.4 Å². The SMILES string of the molecule is CC1(Nc2nc(N)ncc2Cl)CCCOC1. The molecule has 1 fully saturated rings. The fourth-order valence-corrected chi connectivity index (χ4v) is 1.93. The Hall–Kier alpha value is -1.07. The van der Waals surface area contributed by atoms with Crippen LogP contribution in [-0.4, -0.2) is 28.7 Å². The van der Waals surface area contributed by atoms with Crippen LogP contribution in [0.5, 0.6) is 0 Å². The van der Waals surface area contributed by atoms with Gasteiger partial charge in [-0.25, -0.2) is 4.98 Å². The zero-order valence-corrected chi connectivity index (χ0v) is 9.92. The molecule has 0 spiro atoms. The van der Waals surface area contributed by atoms with E-state index in [2.05, 4.69) is 22.2 Å². The van der Waals surface area contributed by atoms with Crippen LogP contribution in [0.3, 0.4) is 0 Å². The number of nitrogen functional groups attached to an aromatic ring is 1. The predicted molar refractivity (Wildman–Crippen MR) is 63.5 cm³/mol. The Labute approximate surface area is 99.4 Å². The summed E-state index contributed by atoms with van der Waals surface area (Å²) in [6.07, 6.45) is 3.55. The molecule has 1 saturated heterocycles. The number of nitrogens with one attached hydrogen (secondary N) is 1. The molecular formula is C10H15ClN4O. The number of anilines is 2. The summed E-state index contributed by atoms with van der Waals surface area (Å²) >= 11 is 5.99. The summed E-state index contributed by atoms with van der Waals surface area (Å²) in [5.41, 5.74) is 5.39. The van der Waals surface area contributed by atoms with Crippen molar-refractivity contribution in [1.82, 2.24) is 9.97 Å². The third-order valence-electron chi connectivity index (χ3n) is 2.62. The normalized spacial score (nSPS) is 25.4. The standard InChI is InChI=1S/C10H15ClN4O/c1-10(3-2-4-16-6-10)15-8-7(11)5-13-9(12)14-8/h5H,2-4,6H2,1H3,(H3,12,13,14,15). The average Bonchev–Trinajstić information content (AvgIpc) is 2.24. The van der Waals surface area contributed by atoms with Crippen LogP contribution < -0.4 is 11.1 Å². The summed E-state index contributed by atoms with van der Waals surface area (Å²) < 4.78 is 5.45. The van der Waals surface area contributed by atoms with E-state index in [1.54, 1.807) is 0 Å². The van der Waals surface area contributed by atoms with E-state index < -0.39 is 0 Å². The fraction of sp³-hybridized carbons (Fsp3) is 0.600. The van der Waals surface area contributed by atoms with Crippen molar-refractivity contribution in [2.45, 2.75) is 25.3 Å². The molecule has 0 bridgehead atoms. The lowest BCUT2D eigenvalue weighted by molar-refractivity contribution is 0.0539. The van der Waals surface area contributed by atoms with Gasteiger partial charge in [0.15, 0.2) is 5.82 Å². The minimum atomic E-state index is -0.136. The molecule has 1 atom stereocenters. The highest BCUT2D eigenvalue weighted by molar-refractivity contribution is 6.32. The van der Waals surface area contributed by atoms with Gasteiger partial charge in [-0.1, -0.05) is 11.6 Å². The molecular weight excluding hydrogens is 228 g/mol. The molecule has 3 N–H and O–H groups in total. The second kappa shape index (κ2) is 4.43. The summed E-state index contributed by atoms with van der Waals surface area (Å²) in [4.78, 5) is 7.90. The smallest absolute Gasteiger partial charge is 0.222 e. The fourth-order valence-electron chi connectivity index (χ4n) is 1.79. The Morgan fingerprint density at radius 3 is 3.12 bits per heavy atom. The Morgan fingerprint density at radius 2 is 2.44 bits per heavy atom. The second-order valence-electron chi connectivity index (χ2n) is 4.27. The maximum atomic E-state index is 5.99. The molecule has 0 aromatic carbocycles. The summed E-state index contributed by atoms with van der Waals surface area (Å²) in [5.74, 6) is 0.786. The van der Waals surface area contributed by atoms with Gasteiger partial charge < -0.3 is 15.8 Å². The second-order valence-corrected chi connectivity index (χ2v) is 4.67. The first kappa shape index (κ1) is 11.4. The van der Waals surface area contributed by atoms with Gasteiger partial charge in [-0.3, -0.25) is 0 Å². The summed E-state index contributed by atoms with van der Waals surface area (Å²) in [6, 6.07) is 0. The van der Waals surface area contributed by atoms with Crippen LogP contribution >= 0.6 is 11.6 Å². The van der Waals surface area contributed by atoms with E-state index in [0.717, 1.165) is 19.4 Å². The number of halogens is 1. The van der Waals surface area contributed by atoms with Crippen LogP contribution in [0, 0.1) is 0 Å². The van der Waals surface area contributed by atoms with Crippen molar-refractivity contribution in [1.29, 1.82) is 0 Å². The van der Waals surface area contributed by atoms with E-state index in [0.29, 0.717) is 17.4 Å². The van der Waals surface area contributed by atoms with Crippen molar-refractivity contribution in [2.24, 2.45) is 0 Å². The molecule has 16 heavy (non-hydrogen) atoms. The largest absolute Gasteiger partial charge is 0.379 e. The van der Waals surface area contributed by atoms with Crippen LogP contribution in [-0.2, 0) is 4.74 Å². The first-order chi connectivity index (χ1) is 7.59. The van der Waals surface area contributed by atoms with Crippen molar-refractivity contribution in [3.63, 3.8) is 0 Å². The highest BCUT2D eigenvalue weighted by Gasteiger charge is 2.28. The van der Waals surface area contributed by atoms with Gasteiger partial charge >= 0.3 is 0 Å². The van der Waals surface area contributed by atoms with E-state index in [-0.39, 0.29) is 11.5 Å². The molecule has 0 aliphatic carbocycles. The Morgan fingerprint density at radius 1 is 1.62 bits per heavy atom. The molecule has 1 aliphatic heterocycles. The molecule has 1 aromatic heterocycles. The lowest BCUT2D eigenvalue weighted by Gasteiger charge is -2.34. The average molecular weight is 243 g/mol. The number of ether oxygens (including phenoxy) is 1. The minimum Gasteiger partial charge on any atom is -0.379 e. The third-order valence-corrected chi connectivity index (χ3v) is 2.90. The monoisotopic (exact) mass is 242 g/mol. The molecule has 1 unspecified atom stereocenters. The van der Waals surface area contributed by atoms with Gasteiger partial charge in [0.1, 0.15) is 5.02 Å². The number of rotatable bonds is 2. The van der Waals surface area contributed by atoms with Crippen LogP contribution in [0.15, 0.2) is 6.20 Å². The maximum Gasteiger partial charge on any atom is 0.222 e. The number of hydrogen-bond acceptors (Lipinski definition) is 5. The Bertz CT molecular complexity index is 379. The molecule has 2 heterocycles. The molecule has 0 amide bonds. The molecule has 0 radical (unpaired) electrons. The van der Waals surface area contributed by atoms with Crippen LogP contribution in [0.4, 0.5) is 11.8 Å². The van der Waals surface area contributed by atoms with Gasteiger partial charge in [0.2, 0.25) is 5.95 Å². The molecule has 88 valence electrons. The zero-order chi connectivity index (χ0) is 11.6. The highest BCUT2D eigenvalue weighted by Crippen LogP contribution is 2.27. The lowest BCUT2D eigenvalue weighted by atomic mass is 9.95. The van der Waals surface area contributed by atoms with Crippen molar-refractivity contribution in [2.75, 3.05) is 24.3 Å². The van der Waals surface area contributed by atoms with Crippen LogP contribution in [0.25, 0.3) is 0 Å². The maximum absolute atomic E-state index is 5.99. The van der Waals surface area contributed by atoms with Gasteiger partial charge in [0.25, 0.3) is 0 Å². The van der Waals surface area contributed by atoms with E-state index in [9.17, 15) is 0 Å². The van der Waals surface area contributed by atoms with Gasteiger partial charge in [0.05, 0.1) is 18.3 Å². The molecule has 5 nitrogen and oxygen atoms in total. The quantitative estimate of drug-likeness (QED) is 0.826. The first-order valence-electron chi connectivity index (χ1n) is 5.23. The van der Waals surface area contributed by atoms with Gasteiger partial charge in [-0.15, -0.1) is 0 Å². The number of nitrogens with two attached hydrogens (primary N) is 1. The lowest BCUT2D eigenvalue weighted by Crippen LogP contribution is -2.43. The number of aromatic nitrogens is 2. The van der Waals surface area contributed by atoms with Crippen LogP contribution in [0.1, 0.15) is 19.8 Å².